The molecule has 6 nitrogen and oxygen atoms in total. The molecule has 0 saturated heterocycles. The first kappa shape index (κ1) is 14.2. The Morgan fingerprint density at radius 1 is 1.04 bits per heavy atom. The maximum Gasteiger partial charge on any atom is 0.251 e. The summed E-state index contributed by atoms with van der Waals surface area (Å²) in [7, 11) is 0. The van der Waals surface area contributed by atoms with Gasteiger partial charge < -0.3 is 14.3 Å². The molecule has 0 unspecified atom stereocenters. The molecule has 0 bridgehead atoms. The van der Waals surface area contributed by atoms with Gasteiger partial charge in [-0.05, 0) is 24.3 Å². The van der Waals surface area contributed by atoms with E-state index in [-0.39, 0.29) is 12.5 Å². The normalized spacial score (nSPS) is 10.8. The lowest BCUT2D eigenvalue weighted by atomic mass is 10.2. The minimum Gasteiger partial charge on any atom is -0.453 e. The highest BCUT2D eigenvalue weighted by Crippen LogP contribution is 2.28. The lowest BCUT2D eigenvalue weighted by Crippen LogP contribution is -2.22. The summed E-state index contributed by atoms with van der Waals surface area (Å²) in [6.45, 7) is 0.269. The Labute approximate surface area is 137 Å². The van der Waals surface area contributed by atoms with Crippen LogP contribution in [-0.4, -0.2) is 16.0 Å². The summed E-state index contributed by atoms with van der Waals surface area (Å²) in [6.07, 6.45) is 3.15. The highest BCUT2D eigenvalue weighted by molar-refractivity contribution is 5.93. The number of fused-ring (bicyclic) bond motifs is 1. The van der Waals surface area contributed by atoms with E-state index in [9.17, 15) is 4.79 Å². The molecule has 0 aliphatic heterocycles. The largest absolute Gasteiger partial charge is 0.453 e. The Hall–Kier alpha value is -3.41. The number of para-hydroxylation sites is 1. The molecule has 1 amide bonds. The van der Waals surface area contributed by atoms with Crippen molar-refractivity contribution in [2.45, 2.75) is 6.54 Å². The van der Waals surface area contributed by atoms with Crippen LogP contribution in [0.25, 0.3) is 22.5 Å². The van der Waals surface area contributed by atoms with Gasteiger partial charge in [-0.25, -0.2) is 0 Å². The minimum atomic E-state index is -0.189. The van der Waals surface area contributed by atoms with Crippen LogP contribution in [-0.2, 0) is 6.54 Å². The van der Waals surface area contributed by atoms with E-state index in [0.29, 0.717) is 22.8 Å². The number of nitrogens with one attached hydrogen (secondary N) is 1. The second-order valence-electron chi connectivity index (χ2n) is 5.25. The maximum atomic E-state index is 12.0. The number of nitrogens with zero attached hydrogens (tertiary/aromatic N) is 2. The minimum absolute atomic E-state index is 0.189. The number of hydrogen-bond acceptors (Lipinski definition) is 5. The van der Waals surface area contributed by atoms with E-state index in [2.05, 4.69) is 15.5 Å². The van der Waals surface area contributed by atoms with Gasteiger partial charge in [-0.15, -0.1) is 0 Å². The Balaban J connectivity index is 1.48. The molecule has 0 radical (unpaired) electrons. The Kier molecular flexibility index (Phi) is 3.55. The Bertz CT molecular complexity index is 956. The van der Waals surface area contributed by atoms with Crippen molar-refractivity contribution in [1.29, 1.82) is 0 Å². The molecule has 118 valence electrons. The first-order chi connectivity index (χ1) is 11.8. The molecule has 6 heteroatoms. The molecule has 3 heterocycles. The lowest BCUT2D eigenvalue weighted by molar-refractivity contribution is 0.0950. The standard InChI is InChI=1S/C18H13N3O3/c22-18(12-5-7-19-8-6-12)20-11-14-10-17(24-21-14)16-9-13-3-1-2-4-15(13)23-16/h1-10H,11H2,(H,20,22). The van der Waals surface area contributed by atoms with Gasteiger partial charge in [0.15, 0.2) is 5.76 Å². The number of pyridine rings is 1. The fourth-order valence-electron chi connectivity index (χ4n) is 2.39. The van der Waals surface area contributed by atoms with Gasteiger partial charge in [-0.1, -0.05) is 23.4 Å². The van der Waals surface area contributed by atoms with Crippen LogP contribution >= 0.6 is 0 Å². The van der Waals surface area contributed by atoms with Gasteiger partial charge >= 0.3 is 0 Å². The zero-order valence-electron chi connectivity index (χ0n) is 12.6. The molecule has 0 spiro atoms. The molecule has 3 aromatic heterocycles. The number of rotatable bonds is 4. The molecule has 1 aromatic carbocycles. The number of carbonyl (C=O) groups is 1. The average Bonchev–Trinajstić information content (AvgIpc) is 3.27. The van der Waals surface area contributed by atoms with Crippen molar-refractivity contribution < 1.29 is 13.7 Å². The van der Waals surface area contributed by atoms with Crippen LogP contribution in [0.15, 0.2) is 69.9 Å². The van der Waals surface area contributed by atoms with Gasteiger partial charge in [0.2, 0.25) is 5.76 Å². The molecule has 24 heavy (non-hydrogen) atoms. The van der Waals surface area contributed by atoms with Gasteiger partial charge in [0, 0.05) is 29.4 Å². The average molecular weight is 319 g/mol. The van der Waals surface area contributed by atoms with Crippen LogP contribution in [0.4, 0.5) is 0 Å². The van der Waals surface area contributed by atoms with E-state index in [1.165, 1.54) is 0 Å². The van der Waals surface area contributed by atoms with Crippen molar-refractivity contribution >= 4 is 16.9 Å². The number of amides is 1. The number of benzene rings is 1. The monoisotopic (exact) mass is 319 g/mol. The molecular formula is C18H13N3O3. The van der Waals surface area contributed by atoms with E-state index in [4.69, 9.17) is 8.94 Å². The second kappa shape index (κ2) is 6.00. The summed E-state index contributed by atoms with van der Waals surface area (Å²) in [4.78, 5) is 15.9. The van der Waals surface area contributed by atoms with Crippen molar-refractivity contribution in [2.75, 3.05) is 0 Å². The van der Waals surface area contributed by atoms with Gasteiger partial charge in [0.25, 0.3) is 5.91 Å². The summed E-state index contributed by atoms with van der Waals surface area (Å²) in [5.74, 6) is 0.945. The first-order valence-electron chi connectivity index (χ1n) is 7.42. The summed E-state index contributed by atoms with van der Waals surface area (Å²) < 4.78 is 11.0. The number of carbonyl (C=O) groups excluding carboxylic acids is 1. The van der Waals surface area contributed by atoms with Crippen LogP contribution in [0.3, 0.4) is 0 Å². The van der Waals surface area contributed by atoms with Crippen molar-refractivity contribution in [3.05, 3.63) is 72.2 Å². The van der Waals surface area contributed by atoms with Crippen molar-refractivity contribution in [2.24, 2.45) is 0 Å². The van der Waals surface area contributed by atoms with Crippen LogP contribution in [0.1, 0.15) is 16.1 Å². The molecule has 0 aliphatic rings. The smallest absolute Gasteiger partial charge is 0.251 e. The van der Waals surface area contributed by atoms with E-state index >= 15 is 0 Å². The third kappa shape index (κ3) is 2.77. The lowest BCUT2D eigenvalue weighted by Gasteiger charge is -2.01. The van der Waals surface area contributed by atoms with E-state index in [1.54, 1.807) is 30.6 Å². The molecular weight excluding hydrogens is 306 g/mol. The molecule has 0 atom stereocenters. The highest BCUT2D eigenvalue weighted by Gasteiger charge is 2.13. The van der Waals surface area contributed by atoms with Crippen molar-refractivity contribution in [3.8, 4) is 11.5 Å². The van der Waals surface area contributed by atoms with Gasteiger partial charge in [0.05, 0.1) is 6.54 Å². The molecule has 4 rings (SSSR count). The van der Waals surface area contributed by atoms with Crippen LogP contribution in [0, 0.1) is 0 Å². The van der Waals surface area contributed by atoms with Gasteiger partial charge in [-0.3, -0.25) is 9.78 Å². The van der Waals surface area contributed by atoms with E-state index in [1.807, 2.05) is 30.3 Å². The maximum absolute atomic E-state index is 12.0. The first-order valence-corrected chi connectivity index (χ1v) is 7.42. The summed E-state index contributed by atoms with van der Waals surface area (Å²) in [5.41, 5.74) is 1.95. The molecule has 0 fully saturated rings. The van der Waals surface area contributed by atoms with Crippen LogP contribution in [0.5, 0.6) is 0 Å². The molecule has 0 saturated carbocycles. The predicted molar refractivity (Wildman–Crippen MR) is 87.1 cm³/mol. The van der Waals surface area contributed by atoms with Gasteiger partial charge in [0.1, 0.15) is 11.3 Å². The van der Waals surface area contributed by atoms with Gasteiger partial charge in [-0.2, -0.15) is 0 Å². The zero-order valence-corrected chi connectivity index (χ0v) is 12.6. The third-order valence-corrected chi connectivity index (χ3v) is 3.60. The fraction of sp³-hybridized carbons (Fsp3) is 0.0556. The van der Waals surface area contributed by atoms with Crippen molar-refractivity contribution in [1.82, 2.24) is 15.5 Å². The van der Waals surface area contributed by atoms with Crippen molar-refractivity contribution in [3.63, 3.8) is 0 Å². The number of aromatic nitrogens is 2. The van der Waals surface area contributed by atoms with Crippen LogP contribution in [0.2, 0.25) is 0 Å². The number of hydrogen-bond donors (Lipinski definition) is 1. The second-order valence-corrected chi connectivity index (χ2v) is 5.25. The Morgan fingerprint density at radius 2 is 1.88 bits per heavy atom. The summed E-state index contributed by atoms with van der Waals surface area (Å²) in [5, 5.41) is 7.75. The fourth-order valence-corrected chi connectivity index (χ4v) is 2.39. The van der Waals surface area contributed by atoms with E-state index in [0.717, 1.165) is 11.0 Å². The summed E-state index contributed by atoms with van der Waals surface area (Å²) >= 11 is 0. The summed E-state index contributed by atoms with van der Waals surface area (Å²) in [6, 6.07) is 14.7. The number of furan rings is 1. The molecule has 1 N–H and O–H groups in total. The van der Waals surface area contributed by atoms with Crippen LogP contribution < -0.4 is 5.32 Å². The predicted octanol–water partition coefficient (Wildman–Crippen LogP) is 3.41. The molecule has 0 aliphatic carbocycles. The quantitative estimate of drug-likeness (QED) is 0.623. The topological polar surface area (TPSA) is 81.2 Å². The molecule has 4 aromatic rings. The SMILES string of the molecule is O=C(NCc1cc(-c2cc3ccccc3o2)on1)c1ccncc1. The van der Waals surface area contributed by atoms with E-state index < -0.39 is 0 Å². The zero-order chi connectivity index (χ0) is 16.4. The highest BCUT2D eigenvalue weighted by atomic mass is 16.5. The third-order valence-electron chi connectivity index (χ3n) is 3.60. The Morgan fingerprint density at radius 3 is 2.71 bits per heavy atom.